The van der Waals surface area contributed by atoms with Crippen molar-refractivity contribution in [2.45, 2.75) is 12.3 Å². The SMILES string of the molecule is ClCc1nnc(NCCc2ncon2)o1. The summed E-state index contributed by atoms with van der Waals surface area (Å²) in [5.41, 5.74) is 0. The molecule has 0 amide bonds. The molecule has 2 rings (SSSR count). The van der Waals surface area contributed by atoms with Gasteiger partial charge in [-0.05, 0) is 0 Å². The van der Waals surface area contributed by atoms with Gasteiger partial charge in [-0.15, -0.1) is 16.7 Å². The molecule has 0 bridgehead atoms. The van der Waals surface area contributed by atoms with Crippen LogP contribution < -0.4 is 5.32 Å². The standard InChI is InChI=1S/C7H8ClN5O2/c8-3-6-11-12-7(15-6)9-2-1-5-10-4-14-13-5/h4H,1-3H2,(H,9,12). The number of nitrogens with one attached hydrogen (secondary N) is 1. The molecule has 0 aromatic carbocycles. The third-order valence-electron chi connectivity index (χ3n) is 1.61. The van der Waals surface area contributed by atoms with E-state index in [4.69, 9.17) is 16.0 Å². The van der Waals surface area contributed by atoms with Gasteiger partial charge in [0.1, 0.15) is 5.88 Å². The van der Waals surface area contributed by atoms with Crippen molar-refractivity contribution >= 4 is 17.6 Å². The van der Waals surface area contributed by atoms with Gasteiger partial charge < -0.3 is 14.3 Å². The van der Waals surface area contributed by atoms with Gasteiger partial charge in [0.15, 0.2) is 5.82 Å². The molecule has 15 heavy (non-hydrogen) atoms. The molecule has 0 fully saturated rings. The first kappa shape index (κ1) is 9.91. The number of hydrogen-bond acceptors (Lipinski definition) is 7. The maximum Gasteiger partial charge on any atom is 0.315 e. The van der Waals surface area contributed by atoms with Crippen LogP contribution >= 0.6 is 11.6 Å². The van der Waals surface area contributed by atoms with Crippen LogP contribution in [0.5, 0.6) is 0 Å². The molecule has 0 aliphatic carbocycles. The smallest absolute Gasteiger partial charge is 0.315 e. The summed E-state index contributed by atoms with van der Waals surface area (Å²) in [4.78, 5) is 3.86. The van der Waals surface area contributed by atoms with Crippen LogP contribution in [0.15, 0.2) is 15.3 Å². The molecule has 0 aliphatic rings. The minimum atomic E-state index is 0.208. The molecule has 7 nitrogen and oxygen atoms in total. The van der Waals surface area contributed by atoms with Crippen LogP contribution in [0, 0.1) is 0 Å². The Balaban J connectivity index is 1.78. The predicted octanol–water partition coefficient (Wildman–Crippen LogP) is 0.846. The van der Waals surface area contributed by atoms with Gasteiger partial charge in [0, 0.05) is 13.0 Å². The first-order valence-electron chi connectivity index (χ1n) is 4.26. The number of hydrogen-bond donors (Lipinski definition) is 1. The zero-order chi connectivity index (χ0) is 10.5. The highest BCUT2D eigenvalue weighted by Crippen LogP contribution is 2.06. The van der Waals surface area contributed by atoms with Crippen molar-refractivity contribution < 1.29 is 8.94 Å². The molecule has 0 saturated heterocycles. The third kappa shape index (κ3) is 2.66. The number of nitrogens with zero attached hydrogens (tertiary/aromatic N) is 4. The number of aromatic nitrogens is 4. The Hall–Kier alpha value is -1.63. The third-order valence-corrected chi connectivity index (χ3v) is 1.84. The lowest BCUT2D eigenvalue weighted by atomic mass is 10.4. The molecule has 80 valence electrons. The van der Waals surface area contributed by atoms with E-state index in [9.17, 15) is 0 Å². The molecular weight excluding hydrogens is 222 g/mol. The average molecular weight is 230 g/mol. The van der Waals surface area contributed by atoms with Crippen LogP contribution in [0.4, 0.5) is 6.01 Å². The van der Waals surface area contributed by atoms with Crippen molar-refractivity contribution in [2.75, 3.05) is 11.9 Å². The molecule has 0 aliphatic heterocycles. The van der Waals surface area contributed by atoms with Crippen molar-refractivity contribution in [1.29, 1.82) is 0 Å². The Labute approximate surface area is 89.8 Å². The summed E-state index contributed by atoms with van der Waals surface area (Å²) in [6.45, 7) is 0.587. The highest BCUT2D eigenvalue weighted by molar-refractivity contribution is 6.16. The molecule has 0 atom stereocenters. The van der Waals surface area contributed by atoms with Crippen LogP contribution in [0.25, 0.3) is 0 Å². The van der Waals surface area contributed by atoms with E-state index in [-0.39, 0.29) is 5.88 Å². The lowest BCUT2D eigenvalue weighted by molar-refractivity contribution is 0.410. The van der Waals surface area contributed by atoms with Gasteiger partial charge in [0.2, 0.25) is 12.3 Å². The van der Waals surface area contributed by atoms with Crippen LogP contribution in [0.2, 0.25) is 0 Å². The van der Waals surface area contributed by atoms with E-state index in [1.165, 1.54) is 6.39 Å². The minimum absolute atomic E-state index is 0.208. The van der Waals surface area contributed by atoms with Crippen molar-refractivity contribution in [3.63, 3.8) is 0 Å². The molecule has 1 N–H and O–H groups in total. The quantitative estimate of drug-likeness (QED) is 0.760. The van der Waals surface area contributed by atoms with E-state index in [1.54, 1.807) is 0 Å². The zero-order valence-electron chi connectivity index (χ0n) is 7.68. The largest absolute Gasteiger partial charge is 0.407 e. The predicted molar refractivity (Wildman–Crippen MR) is 50.3 cm³/mol. The van der Waals surface area contributed by atoms with Crippen LogP contribution in [-0.2, 0) is 12.3 Å². The molecule has 0 saturated carbocycles. The van der Waals surface area contributed by atoms with Gasteiger partial charge >= 0.3 is 6.01 Å². The van der Waals surface area contributed by atoms with E-state index >= 15 is 0 Å². The summed E-state index contributed by atoms with van der Waals surface area (Å²) < 4.78 is 9.70. The van der Waals surface area contributed by atoms with Crippen molar-refractivity contribution in [2.24, 2.45) is 0 Å². The average Bonchev–Trinajstić information content (AvgIpc) is 2.88. The van der Waals surface area contributed by atoms with E-state index < -0.39 is 0 Å². The highest BCUT2D eigenvalue weighted by atomic mass is 35.5. The topological polar surface area (TPSA) is 89.9 Å². The van der Waals surface area contributed by atoms with Crippen molar-refractivity contribution in [3.8, 4) is 0 Å². The fraction of sp³-hybridized carbons (Fsp3) is 0.429. The zero-order valence-corrected chi connectivity index (χ0v) is 8.44. The monoisotopic (exact) mass is 229 g/mol. The maximum atomic E-state index is 5.50. The highest BCUT2D eigenvalue weighted by Gasteiger charge is 2.04. The fourth-order valence-corrected chi connectivity index (χ4v) is 1.07. The van der Waals surface area contributed by atoms with Crippen molar-refractivity contribution in [3.05, 3.63) is 18.1 Å². The Morgan fingerprint density at radius 1 is 1.40 bits per heavy atom. The molecule has 2 aromatic heterocycles. The first-order valence-corrected chi connectivity index (χ1v) is 4.79. The number of anilines is 1. The number of alkyl halides is 1. The molecule has 0 spiro atoms. The van der Waals surface area contributed by atoms with Crippen LogP contribution in [-0.4, -0.2) is 26.9 Å². The van der Waals surface area contributed by atoms with Gasteiger partial charge in [-0.25, -0.2) is 0 Å². The summed E-state index contributed by atoms with van der Waals surface area (Å²) in [5, 5.41) is 14.0. The van der Waals surface area contributed by atoms with Gasteiger partial charge in [0.05, 0.1) is 0 Å². The number of halogens is 1. The molecule has 0 unspecified atom stereocenters. The molecule has 8 heteroatoms. The van der Waals surface area contributed by atoms with E-state index in [2.05, 4.69) is 30.2 Å². The Morgan fingerprint density at radius 3 is 3.00 bits per heavy atom. The molecule has 0 radical (unpaired) electrons. The van der Waals surface area contributed by atoms with Crippen LogP contribution in [0.3, 0.4) is 0 Å². The second-order valence-electron chi connectivity index (χ2n) is 2.66. The lowest BCUT2D eigenvalue weighted by Crippen LogP contribution is -2.06. The maximum absolute atomic E-state index is 5.50. The second-order valence-corrected chi connectivity index (χ2v) is 2.93. The fourth-order valence-electron chi connectivity index (χ4n) is 0.963. The van der Waals surface area contributed by atoms with Gasteiger partial charge in [-0.3, -0.25) is 0 Å². The number of rotatable bonds is 5. The van der Waals surface area contributed by atoms with E-state index in [1.807, 2.05) is 0 Å². The summed E-state index contributed by atoms with van der Waals surface area (Å²) in [6.07, 6.45) is 1.91. The summed E-state index contributed by atoms with van der Waals surface area (Å²) in [5.74, 6) is 1.22. The molecular formula is C7H8ClN5O2. The minimum Gasteiger partial charge on any atom is -0.407 e. The Kier molecular flexibility index (Phi) is 3.13. The Morgan fingerprint density at radius 2 is 2.33 bits per heavy atom. The first-order chi connectivity index (χ1) is 7.38. The lowest BCUT2D eigenvalue weighted by Gasteiger charge is -1.96. The van der Waals surface area contributed by atoms with Crippen molar-refractivity contribution in [1.82, 2.24) is 20.3 Å². The normalized spacial score (nSPS) is 10.5. The summed E-state index contributed by atoms with van der Waals surface area (Å²) in [6, 6.07) is 0.342. The van der Waals surface area contributed by atoms with Gasteiger partial charge in [-0.2, -0.15) is 4.98 Å². The van der Waals surface area contributed by atoms with E-state index in [0.717, 1.165) is 0 Å². The summed E-state index contributed by atoms with van der Waals surface area (Å²) in [7, 11) is 0. The Bertz CT molecular complexity index is 401. The molecule has 2 heterocycles. The van der Waals surface area contributed by atoms with Gasteiger partial charge in [-0.1, -0.05) is 10.3 Å². The van der Waals surface area contributed by atoms with Gasteiger partial charge in [0.25, 0.3) is 0 Å². The second kappa shape index (κ2) is 4.74. The summed E-state index contributed by atoms with van der Waals surface area (Å²) >= 11 is 5.50. The van der Waals surface area contributed by atoms with Crippen LogP contribution in [0.1, 0.15) is 11.7 Å². The van der Waals surface area contributed by atoms with E-state index in [0.29, 0.717) is 30.7 Å². The molecule has 2 aromatic rings.